The third-order valence-electron chi connectivity index (χ3n) is 3.88. The highest BCUT2D eigenvalue weighted by atomic mass is 32.1. The second-order valence-electron chi connectivity index (χ2n) is 5.21. The number of benzene rings is 2. The molecule has 0 saturated carbocycles. The molecule has 1 aliphatic rings. The first-order valence-corrected chi connectivity index (χ1v) is 7.40. The van der Waals surface area contributed by atoms with E-state index in [0.29, 0.717) is 0 Å². The molecule has 126 valence electrons. The van der Waals surface area contributed by atoms with Gasteiger partial charge in [0, 0.05) is 12.1 Å². The fraction of sp³-hybridized carbons (Fsp3) is 0.0667. The number of nitrogens with zero attached hydrogens (tertiary/aromatic N) is 2. The molecule has 1 aliphatic heterocycles. The van der Waals surface area contributed by atoms with Crippen LogP contribution >= 0.6 is 12.2 Å². The van der Waals surface area contributed by atoms with Crippen molar-refractivity contribution in [3.8, 4) is 0 Å². The maximum atomic E-state index is 12.8. The SMILES string of the molecule is O=C1NC(=S)NC1(c1ccccc1[N+](=O)[O-])c1ccccc1[N+](=O)[O-]. The van der Waals surface area contributed by atoms with Crippen LogP contribution in [-0.2, 0) is 10.3 Å². The molecule has 2 aromatic rings. The number of amides is 1. The number of nitrogens with one attached hydrogen (secondary N) is 2. The lowest BCUT2D eigenvalue weighted by Crippen LogP contribution is -2.45. The van der Waals surface area contributed by atoms with E-state index in [1.165, 1.54) is 48.5 Å². The minimum absolute atomic E-state index is 0.0355. The van der Waals surface area contributed by atoms with Crippen molar-refractivity contribution in [2.45, 2.75) is 5.54 Å². The van der Waals surface area contributed by atoms with Crippen LogP contribution in [0.5, 0.6) is 0 Å². The molecular weight excluding hydrogens is 348 g/mol. The van der Waals surface area contributed by atoms with Crippen molar-refractivity contribution in [2.75, 3.05) is 0 Å². The number of nitro benzene ring substituents is 2. The molecule has 2 aromatic carbocycles. The van der Waals surface area contributed by atoms with Crippen LogP contribution < -0.4 is 10.6 Å². The second kappa shape index (κ2) is 5.91. The van der Waals surface area contributed by atoms with Gasteiger partial charge >= 0.3 is 0 Å². The van der Waals surface area contributed by atoms with Crippen molar-refractivity contribution in [3.05, 3.63) is 79.9 Å². The average Bonchev–Trinajstić information content (AvgIpc) is 2.89. The summed E-state index contributed by atoms with van der Waals surface area (Å²) in [7, 11) is 0. The highest BCUT2D eigenvalue weighted by Crippen LogP contribution is 2.41. The minimum Gasteiger partial charge on any atom is -0.340 e. The monoisotopic (exact) mass is 358 g/mol. The Morgan fingerprint density at radius 3 is 1.68 bits per heavy atom. The van der Waals surface area contributed by atoms with Crippen LogP contribution in [0.4, 0.5) is 11.4 Å². The molecule has 1 heterocycles. The topological polar surface area (TPSA) is 127 Å². The molecule has 10 heteroatoms. The second-order valence-corrected chi connectivity index (χ2v) is 5.62. The Hall–Kier alpha value is -3.40. The van der Waals surface area contributed by atoms with Gasteiger partial charge in [0.2, 0.25) is 0 Å². The molecule has 0 spiro atoms. The lowest BCUT2D eigenvalue weighted by Gasteiger charge is -2.26. The van der Waals surface area contributed by atoms with Crippen molar-refractivity contribution < 1.29 is 14.6 Å². The number of hydrogen-bond donors (Lipinski definition) is 2. The van der Waals surface area contributed by atoms with Crippen LogP contribution in [0.1, 0.15) is 11.1 Å². The molecule has 25 heavy (non-hydrogen) atoms. The highest BCUT2D eigenvalue weighted by molar-refractivity contribution is 7.80. The van der Waals surface area contributed by atoms with Gasteiger partial charge in [0.1, 0.15) is 0 Å². The Morgan fingerprint density at radius 2 is 1.32 bits per heavy atom. The van der Waals surface area contributed by atoms with Crippen LogP contribution in [-0.4, -0.2) is 20.9 Å². The van der Waals surface area contributed by atoms with Crippen molar-refractivity contribution in [3.63, 3.8) is 0 Å². The minimum atomic E-state index is -1.87. The Bertz CT molecular complexity index is 872. The number of carbonyl (C=O) groups is 1. The summed E-state index contributed by atoms with van der Waals surface area (Å²) in [6.45, 7) is 0. The molecule has 2 N–H and O–H groups in total. The molecule has 0 bridgehead atoms. The number of para-hydroxylation sites is 2. The zero-order chi connectivity index (χ0) is 18.2. The van der Waals surface area contributed by atoms with Crippen molar-refractivity contribution >= 4 is 34.6 Å². The zero-order valence-corrected chi connectivity index (χ0v) is 13.3. The van der Waals surface area contributed by atoms with Gasteiger partial charge < -0.3 is 10.6 Å². The maximum absolute atomic E-state index is 12.8. The summed E-state index contributed by atoms with van der Waals surface area (Å²) in [5.41, 5.74) is -2.65. The summed E-state index contributed by atoms with van der Waals surface area (Å²) in [4.78, 5) is 34.3. The first-order chi connectivity index (χ1) is 11.9. The highest BCUT2D eigenvalue weighted by Gasteiger charge is 2.53. The number of carbonyl (C=O) groups excluding carboxylic acids is 1. The summed E-state index contributed by atoms with van der Waals surface area (Å²) >= 11 is 4.98. The summed E-state index contributed by atoms with van der Waals surface area (Å²) in [6.07, 6.45) is 0. The van der Waals surface area contributed by atoms with Gasteiger partial charge in [-0.15, -0.1) is 0 Å². The standard InChI is InChI=1S/C15H10N4O5S/c20-13-15(17-14(25)16-13,9-5-1-3-7-11(9)18(21)22)10-6-2-4-8-12(10)19(23)24/h1-8H,(H2,16,17,20,25). The molecule has 0 unspecified atom stereocenters. The lowest BCUT2D eigenvalue weighted by atomic mass is 9.81. The quantitative estimate of drug-likeness (QED) is 0.484. The number of thiocarbonyl (C=S) groups is 1. The van der Waals surface area contributed by atoms with E-state index in [9.17, 15) is 25.0 Å². The Kier molecular flexibility index (Phi) is 3.89. The van der Waals surface area contributed by atoms with E-state index in [1.807, 2.05) is 0 Å². The molecule has 0 atom stereocenters. The van der Waals surface area contributed by atoms with E-state index in [0.717, 1.165) is 0 Å². The van der Waals surface area contributed by atoms with Crippen LogP contribution in [0.2, 0.25) is 0 Å². The van der Waals surface area contributed by atoms with Gasteiger partial charge in [0.15, 0.2) is 10.7 Å². The molecule has 0 aliphatic carbocycles. The van der Waals surface area contributed by atoms with Gasteiger partial charge in [0.05, 0.1) is 21.0 Å². The van der Waals surface area contributed by atoms with E-state index in [-0.39, 0.29) is 27.6 Å². The zero-order valence-electron chi connectivity index (χ0n) is 12.5. The van der Waals surface area contributed by atoms with E-state index in [1.54, 1.807) is 0 Å². The Balaban J connectivity index is 2.40. The van der Waals surface area contributed by atoms with Gasteiger partial charge in [-0.05, 0) is 24.4 Å². The van der Waals surface area contributed by atoms with Crippen LogP contribution in [0.15, 0.2) is 48.5 Å². The first-order valence-electron chi connectivity index (χ1n) is 6.99. The summed E-state index contributed by atoms with van der Waals surface area (Å²) < 4.78 is 0. The summed E-state index contributed by atoms with van der Waals surface area (Å²) in [5, 5.41) is 27.9. The summed E-state index contributed by atoms with van der Waals surface area (Å²) in [6, 6.07) is 11.1. The Morgan fingerprint density at radius 1 is 0.880 bits per heavy atom. The van der Waals surface area contributed by atoms with Gasteiger partial charge in [-0.3, -0.25) is 25.0 Å². The fourth-order valence-corrected chi connectivity index (χ4v) is 3.13. The van der Waals surface area contributed by atoms with Crippen LogP contribution in [0.25, 0.3) is 0 Å². The van der Waals surface area contributed by atoms with E-state index in [4.69, 9.17) is 12.2 Å². The predicted molar refractivity (Wildman–Crippen MR) is 90.8 cm³/mol. The fourth-order valence-electron chi connectivity index (χ4n) is 2.88. The van der Waals surface area contributed by atoms with Gasteiger partial charge in [-0.2, -0.15) is 0 Å². The normalized spacial score (nSPS) is 15.4. The van der Waals surface area contributed by atoms with Crippen molar-refractivity contribution in [2.24, 2.45) is 0 Å². The van der Waals surface area contributed by atoms with E-state index < -0.39 is 21.3 Å². The molecule has 0 radical (unpaired) electrons. The molecule has 1 fully saturated rings. The average molecular weight is 358 g/mol. The number of rotatable bonds is 4. The number of hydrogen-bond acceptors (Lipinski definition) is 6. The first kappa shape index (κ1) is 16.5. The third-order valence-corrected chi connectivity index (χ3v) is 4.08. The summed E-state index contributed by atoms with van der Waals surface area (Å²) in [5.74, 6) is -0.721. The predicted octanol–water partition coefficient (Wildman–Crippen LogP) is 1.75. The van der Waals surface area contributed by atoms with Crippen molar-refractivity contribution in [1.82, 2.24) is 10.6 Å². The van der Waals surface area contributed by atoms with Crippen LogP contribution in [0.3, 0.4) is 0 Å². The third kappa shape index (κ3) is 2.48. The molecule has 1 amide bonds. The van der Waals surface area contributed by atoms with Gasteiger partial charge in [-0.1, -0.05) is 24.3 Å². The molecule has 9 nitrogen and oxygen atoms in total. The Labute approximate surface area is 146 Å². The van der Waals surface area contributed by atoms with E-state index >= 15 is 0 Å². The lowest BCUT2D eigenvalue weighted by molar-refractivity contribution is -0.387. The maximum Gasteiger partial charge on any atom is 0.275 e. The smallest absolute Gasteiger partial charge is 0.275 e. The van der Waals surface area contributed by atoms with Gasteiger partial charge in [0.25, 0.3) is 17.3 Å². The van der Waals surface area contributed by atoms with Crippen LogP contribution in [0, 0.1) is 20.2 Å². The van der Waals surface area contributed by atoms with Gasteiger partial charge in [-0.25, -0.2) is 0 Å². The van der Waals surface area contributed by atoms with E-state index in [2.05, 4.69) is 10.6 Å². The van der Waals surface area contributed by atoms with Crippen molar-refractivity contribution in [1.29, 1.82) is 0 Å². The molecule has 3 rings (SSSR count). The molecule has 1 saturated heterocycles. The molecular formula is C15H10N4O5S. The molecule has 0 aromatic heterocycles. The largest absolute Gasteiger partial charge is 0.340 e. The number of nitro groups is 2.